The molecule has 0 fully saturated rings. The lowest BCUT2D eigenvalue weighted by Gasteiger charge is -2.13. The fourth-order valence-corrected chi connectivity index (χ4v) is 3.10. The Kier molecular flexibility index (Phi) is 7.90. The maximum absolute atomic E-state index is 13.3. The van der Waals surface area contributed by atoms with Crippen LogP contribution in [-0.4, -0.2) is 41.3 Å². The van der Waals surface area contributed by atoms with Gasteiger partial charge in [0.25, 0.3) is 5.91 Å². The van der Waals surface area contributed by atoms with Gasteiger partial charge in [-0.2, -0.15) is 13.2 Å². The molecule has 0 bridgehead atoms. The van der Waals surface area contributed by atoms with Gasteiger partial charge in [-0.3, -0.25) is 4.79 Å². The number of hydrogen-bond acceptors (Lipinski definition) is 5. The Morgan fingerprint density at radius 3 is 2.57 bits per heavy atom. The Balaban J connectivity index is 1.84. The minimum absolute atomic E-state index is 0.0363. The van der Waals surface area contributed by atoms with Crippen LogP contribution < -0.4 is 10.1 Å². The Bertz CT molecular complexity index is 1250. The van der Waals surface area contributed by atoms with Gasteiger partial charge < -0.3 is 19.4 Å². The quantitative estimate of drug-likeness (QED) is 0.222. The molecule has 0 saturated heterocycles. The van der Waals surface area contributed by atoms with E-state index in [9.17, 15) is 27.2 Å². The number of aromatic nitrogens is 2. The number of esters is 1. The SMILES string of the molecule is COc1cc(/C=C(/OC(=O)C(F)(F)F)C(=O)NCCc2cccc(F)c2)ccc1-n1cnc(C)c1. The lowest BCUT2D eigenvalue weighted by molar-refractivity contribution is -0.195. The van der Waals surface area contributed by atoms with Crippen molar-refractivity contribution in [3.05, 3.63) is 83.4 Å². The first-order valence-corrected chi connectivity index (χ1v) is 10.3. The van der Waals surface area contributed by atoms with E-state index in [1.165, 1.54) is 37.4 Å². The molecule has 0 aliphatic carbocycles. The number of benzene rings is 2. The van der Waals surface area contributed by atoms with E-state index in [2.05, 4.69) is 15.0 Å². The summed E-state index contributed by atoms with van der Waals surface area (Å²) >= 11 is 0. The van der Waals surface area contributed by atoms with Crippen molar-refractivity contribution < 1.29 is 36.6 Å². The molecular formula is C24H21F4N3O4. The minimum Gasteiger partial charge on any atom is -0.495 e. The molecule has 1 amide bonds. The van der Waals surface area contributed by atoms with Crippen molar-refractivity contribution >= 4 is 18.0 Å². The second kappa shape index (κ2) is 10.9. The smallest absolute Gasteiger partial charge is 0.491 e. The number of aryl methyl sites for hydroxylation is 1. The fraction of sp³-hybridized carbons (Fsp3) is 0.208. The number of imidazole rings is 1. The van der Waals surface area contributed by atoms with E-state index >= 15 is 0 Å². The molecule has 3 aromatic rings. The molecule has 0 aliphatic rings. The number of halogens is 4. The summed E-state index contributed by atoms with van der Waals surface area (Å²) in [6, 6.07) is 10.2. The monoisotopic (exact) mass is 491 g/mol. The highest BCUT2D eigenvalue weighted by Gasteiger charge is 2.42. The lowest BCUT2D eigenvalue weighted by atomic mass is 10.1. The highest BCUT2D eigenvalue weighted by atomic mass is 19.4. The zero-order valence-electron chi connectivity index (χ0n) is 18.7. The second-order valence-corrected chi connectivity index (χ2v) is 7.39. The van der Waals surface area contributed by atoms with Gasteiger partial charge in [0.05, 0.1) is 24.8 Å². The van der Waals surface area contributed by atoms with Crippen LogP contribution in [0.4, 0.5) is 17.6 Å². The summed E-state index contributed by atoms with van der Waals surface area (Å²) in [5.41, 5.74) is 2.16. The van der Waals surface area contributed by atoms with Crippen LogP contribution >= 0.6 is 0 Å². The Morgan fingerprint density at radius 2 is 1.94 bits per heavy atom. The van der Waals surface area contributed by atoms with Crippen LogP contribution in [0.25, 0.3) is 11.8 Å². The molecule has 1 heterocycles. The van der Waals surface area contributed by atoms with Gasteiger partial charge in [-0.1, -0.05) is 18.2 Å². The maximum Gasteiger partial charge on any atom is 0.491 e. The van der Waals surface area contributed by atoms with Crippen molar-refractivity contribution in [1.82, 2.24) is 14.9 Å². The number of methoxy groups -OCH3 is 1. The molecule has 184 valence electrons. The molecule has 7 nitrogen and oxygen atoms in total. The maximum atomic E-state index is 13.3. The van der Waals surface area contributed by atoms with Gasteiger partial charge >= 0.3 is 12.1 Å². The van der Waals surface area contributed by atoms with Crippen molar-refractivity contribution in [2.45, 2.75) is 19.5 Å². The average Bonchev–Trinajstić information content (AvgIpc) is 3.23. The van der Waals surface area contributed by atoms with E-state index in [1.54, 1.807) is 36.1 Å². The molecule has 0 aliphatic heterocycles. The molecule has 0 unspecified atom stereocenters. The third-order valence-electron chi connectivity index (χ3n) is 4.74. The van der Waals surface area contributed by atoms with Crippen molar-refractivity contribution in [2.75, 3.05) is 13.7 Å². The van der Waals surface area contributed by atoms with Gasteiger partial charge in [-0.25, -0.2) is 14.2 Å². The van der Waals surface area contributed by atoms with E-state index < -0.39 is 29.6 Å². The van der Waals surface area contributed by atoms with E-state index in [1.807, 2.05) is 0 Å². The number of amides is 1. The summed E-state index contributed by atoms with van der Waals surface area (Å²) in [4.78, 5) is 28.1. The Morgan fingerprint density at radius 1 is 1.17 bits per heavy atom. The van der Waals surface area contributed by atoms with Gasteiger partial charge in [0.1, 0.15) is 11.6 Å². The van der Waals surface area contributed by atoms with E-state index in [4.69, 9.17) is 4.74 Å². The number of nitrogens with one attached hydrogen (secondary N) is 1. The topological polar surface area (TPSA) is 82.5 Å². The molecule has 35 heavy (non-hydrogen) atoms. The summed E-state index contributed by atoms with van der Waals surface area (Å²) in [7, 11) is 1.40. The van der Waals surface area contributed by atoms with Crippen LogP contribution in [-0.2, 0) is 20.7 Å². The summed E-state index contributed by atoms with van der Waals surface area (Å²) in [5.74, 6) is -4.57. The van der Waals surface area contributed by atoms with Crippen LogP contribution in [0, 0.1) is 12.7 Å². The van der Waals surface area contributed by atoms with Crippen LogP contribution in [0.1, 0.15) is 16.8 Å². The standard InChI is InChI=1S/C24H21F4N3O4/c1-15-13-31(14-30-15)19-7-6-17(11-20(19)34-2)12-21(35-23(33)24(26,27)28)22(32)29-9-8-16-4-3-5-18(25)10-16/h3-7,10-14H,8-9H2,1-2H3,(H,29,32)/b21-12+. The highest BCUT2D eigenvalue weighted by molar-refractivity contribution is 5.98. The van der Waals surface area contributed by atoms with Crippen LogP contribution in [0.5, 0.6) is 5.75 Å². The number of ether oxygens (including phenoxy) is 2. The fourth-order valence-electron chi connectivity index (χ4n) is 3.10. The number of nitrogens with zero attached hydrogens (tertiary/aromatic N) is 2. The summed E-state index contributed by atoms with van der Waals surface area (Å²) in [6.07, 6.45) is -0.799. The summed E-state index contributed by atoms with van der Waals surface area (Å²) in [6.45, 7) is 1.76. The number of carbonyl (C=O) groups is 2. The molecule has 11 heteroatoms. The zero-order chi connectivity index (χ0) is 25.6. The van der Waals surface area contributed by atoms with E-state index in [0.29, 0.717) is 17.0 Å². The summed E-state index contributed by atoms with van der Waals surface area (Å²) < 4.78 is 63.1. The third-order valence-corrected chi connectivity index (χ3v) is 4.74. The van der Waals surface area contributed by atoms with Gasteiger partial charge in [0, 0.05) is 12.7 Å². The molecule has 0 radical (unpaired) electrons. The minimum atomic E-state index is -5.30. The summed E-state index contributed by atoms with van der Waals surface area (Å²) in [5, 5.41) is 2.38. The molecule has 1 aromatic heterocycles. The van der Waals surface area contributed by atoms with Gasteiger partial charge in [-0.05, 0) is 54.8 Å². The van der Waals surface area contributed by atoms with E-state index in [0.717, 1.165) is 11.8 Å². The molecule has 2 aromatic carbocycles. The van der Waals surface area contributed by atoms with Crippen molar-refractivity contribution in [2.24, 2.45) is 0 Å². The van der Waals surface area contributed by atoms with Gasteiger partial charge in [0.15, 0.2) is 5.76 Å². The third kappa shape index (κ3) is 6.92. The number of alkyl halides is 3. The largest absolute Gasteiger partial charge is 0.495 e. The Labute approximate surface area is 198 Å². The molecule has 0 spiro atoms. The van der Waals surface area contributed by atoms with Crippen molar-refractivity contribution in [3.8, 4) is 11.4 Å². The van der Waals surface area contributed by atoms with Crippen LogP contribution in [0.2, 0.25) is 0 Å². The molecule has 0 atom stereocenters. The first kappa shape index (κ1) is 25.5. The first-order chi connectivity index (χ1) is 16.6. The normalized spacial score (nSPS) is 11.8. The second-order valence-electron chi connectivity index (χ2n) is 7.39. The van der Waals surface area contributed by atoms with Crippen molar-refractivity contribution in [1.29, 1.82) is 0 Å². The van der Waals surface area contributed by atoms with Crippen molar-refractivity contribution in [3.63, 3.8) is 0 Å². The number of hydrogen-bond donors (Lipinski definition) is 1. The number of carbonyl (C=O) groups excluding carboxylic acids is 2. The molecule has 1 N–H and O–H groups in total. The molecular weight excluding hydrogens is 470 g/mol. The first-order valence-electron chi connectivity index (χ1n) is 10.3. The van der Waals surface area contributed by atoms with Crippen LogP contribution in [0.15, 0.2) is 60.7 Å². The average molecular weight is 491 g/mol. The van der Waals surface area contributed by atoms with Gasteiger partial charge in [-0.15, -0.1) is 0 Å². The zero-order valence-corrected chi connectivity index (χ0v) is 18.7. The van der Waals surface area contributed by atoms with E-state index in [-0.39, 0.29) is 18.5 Å². The van der Waals surface area contributed by atoms with Gasteiger partial charge in [0.2, 0.25) is 0 Å². The molecule has 0 saturated carbocycles. The number of rotatable bonds is 8. The lowest BCUT2D eigenvalue weighted by Crippen LogP contribution is -2.32. The predicted molar refractivity (Wildman–Crippen MR) is 118 cm³/mol. The Hall–Kier alpha value is -4.15. The predicted octanol–water partition coefficient (Wildman–Crippen LogP) is 4.13. The highest BCUT2D eigenvalue weighted by Crippen LogP contribution is 2.26. The molecule has 3 rings (SSSR count). The van der Waals surface area contributed by atoms with Crippen LogP contribution in [0.3, 0.4) is 0 Å².